The number of amides is 1. The molecule has 176 valence electrons. The summed E-state index contributed by atoms with van der Waals surface area (Å²) in [6.07, 6.45) is 4.14. The van der Waals surface area contributed by atoms with Gasteiger partial charge in [0, 0.05) is 18.1 Å². The van der Waals surface area contributed by atoms with Gasteiger partial charge in [-0.3, -0.25) is 14.2 Å². The summed E-state index contributed by atoms with van der Waals surface area (Å²) in [6.45, 7) is 6.95. The van der Waals surface area contributed by atoms with E-state index >= 15 is 0 Å². The second-order valence-corrected chi connectivity index (χ2v) is 8.54. The average molecular weight is 470 g/mol. The lowest BCUT2D eigenvalue weighted by Gasteiger charge is -2.30. The van der Waals surface area contributed by atoms with Crippen molar-refractivity contribution in [1.82, 2.24) is 14.5 Å². The summed E-state index contributed by atoms with van der Waals surface area (Å²) in [6, 6.07) is 14.0. The molecule has 3 aromatic rings. The number of halogens is 1. The first kappa shape index (κ1) is 24.8. The molecule has 33 heavy (non-hydrogen) atoms. The number of hydrogen-bond donors (Lipinski definition) is 0. The van der Waals surface area contributed by atoms with Crippen LogP contribution in [0, 0.1) is 0 Å². The minimum atomic E-state index is -0.394. The zero-order valence-corrected chi connectivity index (χ0v) is 20.3. The molecule has 0 N–H and O–H groups in total. The van der Waals surface area contributed by atoms with Crippen LogP contribution in [0.2, 0.25) is 5.02 Å². The molecule has 1 aromatic heterocycles. The summed E-state index contributed by atoms with van der Waals surface area (Å²) < 4.78 is 7.38. The quantitative estimate of drug-likeness (QED) is 0.342. The number of ether oxygens (including phenoxy) is 1. The average Bonchev–Trinajstić information content (AvgIpc) is 2.82. The van der Waals surface area contributed by atoms with E-state index in [2.05, 4.69) is 6.92 Å². The Bertz CT molecular complexity index is 1130. The molecular formula is C26H32ClN3O3. The molecule has 1 unspecified atom stereocenters. The molecule has 6 nitrogen and oxygen atoms in total. The molecule has 0 aliphatic heterocycles. The largest absolute Gasteiger partial charge is 0.484 e. The van der Waals surface area contributed by atoms with Gasteiger partial charge in [0.2, 0.25) is 0 Å². The van der Waals surface area contributed by atoms with Crippen molar-refractivity contribution >= 4 is 28.4 Å². The number of aromatic nitrogens is 2. The highest BCUT2D eigenvalue weighted by Crippen LogP contribution is 2.23. The molecule has 2 aromatic carbocycles. The zero-order chi connectivity index (χ0) is 23.8. The van der Waals surface area contributed by atoms with Crippen LogP contribution in [0.5, 0.6) is 5.75 Å². The molecule has 0 radical (unpaired) electrons. The van der Waals surface area contributed by atoms with Crippen LogP contribution in [0.15, 0.2) is 53.3 Å². The Morgan fingerprint density at radius 1 is 1.12 bits per heavy atom. The molecule has 0 saturated heterocycles. The number of rotatable bonds is 11. The molecule has 1 amide bonds. The van der Waals surface area contributed by atoms with Crippen molar-refractivity contribution in [3.05, 3.63) is 69.7 Å². The van der Waals surface area contributed by atoms with Crippen LogP contribution in [-0.4, -0.2) is 33.5 Å². The van der Waals surface area contributed by atoms with Crippen LogP contribution >= 0.6 is 11.6 Å². The van der Waals surface area contributed by atoms with Crippen LogP contribution in [0.1, 0.15) is 58.3 Å². The van der Waals surface area contributed by atoms with Gasteiger partial charge < -0.3 is 9.64 Å². The Labute approximate surface area is 200 Å². The summed E-state index contributed by atoms with van der Waals surface area (Å²) in [5.74, 6) is 1.07. The number of para-hydroxylation sites is 1. The van der Waals surface area contributed by atoms with Gasteiger partial charge in [-0.15, -0.1) is 0 Å². The fraction of sp³-hybridized carbons (Fsp3) is 0.423. The maximum absolute atomic E-state index is 13.3. The predicted molar refractivity (Wildman–Crippen MR) is 133 cm³/mol. The van der Waals surface area contributed by atoms with E-state index in [4.69, 9.17) is 21.3 Å². The van der Waals surface area contributed by atoms with Gasteiger partial charge in [0.15, 0.2) is 6.61 Å². The van der Waals surface area contributed by atoms with Crippen molar-refractivity contribution < 1.29 is 9.53 Å². The fourth-order valence-electron chi connectivity index (χ4n) is 3.96. The first-order valence-corrected chi connectivity index (χ1v) is 12.0. The lowest BCUT2D eigenvalue weighted by Crippen LogP contribution is -2.40. The number of benzene rings is 2. The third-order valence-corrected chi connectivity index (χ3v) is 6.02. The second kappa shape index (κ2) is 11.8. The standard InChI is InChI=1S/C26H32ClN3O3/c1-4-6-7-11-16-30(24(31)18-33-21-12-9-8-10-13-21)19(3)25-28-23-17-20(27)14-15-22(23)26(32)29(25)5-2/h8-10,12-15,17,19H,4-7,11,16,18H2,1-3H3. The van der Waals surface area contributed by atoms with E-state index in [0.717, 1.165) is 25.7 Å². The lowest BCUT2D eigenvalue weighted by molar-refractivity contribution is -0.135. The Morgan fingerprint density at radius 3 is 2.58 bits per heavy atom. The second-order valence-electron chi connectivity index (χ2n) is 8.11. The van der Waals surface area contributed by atoms with Gasteiger partial charge in [-0.2, -0.15) is 0 Å². The highest BCUT2D eigenvalue weighted by atomic mass is 35.5. The topological polar surface area (TPSA) is 64.4 Å². The molecular weight excluding hydrogens is 438 g/mol. The van der Waals surface area contributed by atoms with Gasteiger partial charge >= 0.3 is 0 Å². The Hall–Kier alpha value is -2.86. The van der Waals surface area contributed by atoms with Crippen LogP contribution in [0.4, 0.5) is 0 Å². The summed E-state index contributed by atoms with van der Waals surface area (Å²) in [5.41, 5.74) is 0.415. The number of nitrogens with zero attached hydrogens (tertiary/aromatic N) is 3. The number of carbonyl (C=O) groups excluding carboxylic acids is 1. The van der Waals surface area contributed by atoms with E-state index in [1.807, 2.05) is 44.2 Å². The monoisotopic (exact) mass is 469 g/mol. The zero-order valence-electron chi connectivity index (χ0n) is 19.6. The number of carbonyl (C=O) groups is 1. The first-order valence-electron chi connectivity index (χ1n) is 11.6. The smallest absolute Gasteiger partial charge is 0.261 e. The Kier molecular flexibility index (Phi) is 8.89. The minimum absolute atomic E-state index is 0.0715. The van der Waals surface area contributed by atoms with Gasteiger partial charge in [0.25, 0.3) is 11.5 Å². The first-order chi connectivity index (χ1) is 16.0. The van der Waals surface area contributed by atoms with Crippen LogP contribution in [0.3, 0.4) is 0 Å². The van der Waals surface area contributed by atoms with Crippen molar-refractivity contribution in [2.75, 3.05) is 13.2 Å². The normalized spacial score (nSPS) is 12.0. The highest BCUT2D eigenvalue weighted by molar-refractivity contribution is 6.31. The Morgan fingerprint density at radius 2 is 1.88 bits per heavy atom. The molecule has 0 saturated carbocycles. The van der Waals surface area contributed by atoms with Crippen molar-refractivity contribution in [3.63, 3.8) is 0 Å². The SMILES string of the molecule is CCCCCCN(C(=O)COc1ccccc1)C(C)c1nc2cc(Cl)ccc2c(=O)n1CC. The van der Waals surface area contributed by atoms with E-state index < -0.39 is 6.04 Å². The minimum Gasteiger partial charge on any atom is -0.484 e. The molecule has 0 fully saturated rings. The Balaban J connectivity index is 1.92. The van der Waals surface area contributed by atoms with Gasteiger partial charge in [-0.05, 0) is 50.6 Å². The van der Waals surface area contributed by atoms with E-state index in [1.165, 1.54) is 0 Å². The highest BCUT2D eigenvalue weighted by Gasteiger charge is 2.26. The van der Waals surface area contributed by atoms with Gasteiger partial charge in [0.05, 0.1) is 16.9 Å². The van der Waals surface area contributed by atoms with Crippen LogP contribution < -0.4 is 10.3 Å². The maximum Gasteiger partial charge on any atom is 0.261 e. The lowest BCUT2D eigenvalue weighted by atomic mass is 10.1. The molecule has 0 bridgehead atoms. The third kappa shape index (κ3) is 6.14. The molecule has 7 heteroatoms. The number of unbranched alkanes of at least 4 members (excludes halogenated alkanes) is 3. The van der Waals surface area contributed by atoms with E-state index in [9.17, 15) is 9.59 Å². The molecule has 0 aliphatic rings. The summed E-state index contributed by atoms with van der Waals surface area (Å²) >= 11 is 6.16. The van der Waals surface area contributed by atoms with Gasteiger partial charge in [-0.1, -0.05) is 56.0 Å². The number of fused-ring (bicyclic) bond motifs is 1. The van der Waals surface area contributed by atoms with Gasteiger partial charge in [0.1, 0.15) is 11.6 Å². The van der Waals surface area contributed by atoms with Gasteiger partial charge in [-0.25, -0.2) is 4.98 Å². The molecule has 0 spiro atoms. The van der Waals surface area contributed by atoms with Crippen LogP contribution in [0.25, 0.3) is 10.9 Å². The fourth-order valence-corrected chi connectivity index (χ4v) is 4.13. The van der Waals surface area contributed by atoms with E-state index in [-0.39, 0.29) is 18.1 Å². The van der Waals surface area contributed by atoms with E-state index in [0.29, 0.717) is 40.6 Å². The predicted octanol–water partition coefficient (Wildman–Crippen LogP) is 5.62. The van der Waals surface area contributed by atoms with E-state index in [1.54, 1.807) is 27.7 Å². The van der Waals surface area contributed by atoms with Crippen molar-refractivity contribution in [3.8, 4) is 5.75 Å². The van der Waals surface area contributed by atoms with Crippen LogP contribution in [-0.2, 0) is 11.3 Å². The molecule has 1 atom stereocenters. The van der Waals surface area contributed by atoms with Crippen molar-refractivity contribution in [1.29, 1.82) is 0 Å². The van der Waals surface area contributed by atoms with Crippen molar-refractivity contribution in [2.45, 2.75) is 59.0 Å². The summed E-state index contributed by atoms with van der Waals surface area (Å²) in [7, 11) is 0. The molecule has 0 aliphatic carbocycles. The summed E-state index contributed by atoms with van der Waals surface area (Å²) in [5, 5.41) is 1.04. The number of hydrogen-bond acceptors (Lipinski definition) is 4. The van der Waals surface area contributed by atoms with Crippen molar-refractivity contribution in [2.24, 2.45) is 0 Å². The third-order valence-electron chi connectivity index (χ3n) is 5.78. The molecule has 1 heterocycles. The summed E-state index contributed by atoms with van der Waals surface area (Å²) in [4.78, 5) is 33.0. The maximum atomic E-state index is 13.3. The molecule has 3 rings (SSSR count).